The summed E-state index contributed by atoms with van der Waals surface area (Å²) in [7, 11) is 1.45. The molecule has 2 atom stereocenters. The minimum absolute atomic E-state index is 0.0977. The van der Waals surface area contributed by atoms with Crippen LogP contribution in [0.2, 0.25) is 0 Å². The van der Waals surface area contributed by atoms with Gasteiger partial charge in [-0.3, -0.25) is 9.59 Å². The van der Waals surface area contributed by atoms with Crippen molar-refractivity contribution >= 4 is 11.9 Å². The summed E-state index contributed by atoms with van der Waals surface area (Å²) in [6, 6.07) is 0. The average molecular weight is 1020 g/mol. The molecular weight excluding hydrogens is 895 g/mol. The molecule has 0 aromatic rings. The molecule has 0 saturated carbocycles. The van der Waals surface area contributed by atoms with Crippen LogP contribution in [-0.2, 0) is 19.1 Å². The third-order valence-corrected chi connectivity index (χ3v) is 15.1. The molecule has 0 spiro atoms. The highest BCUT2D eigenvalue weighted by Gasteiger charge is 2.15. The van der Waals surface area contributed by atoms with E-state index in [1.54, 1.807) is 0 Å². The number of carbonyl (C=O) groups is 2. The molecule has 430 valence electrons. The molecule has 2 unspecified atom stereocenters. The van der Waals surface area contributed by atoms with Gasteiger partial charge in [0.05, 0.1) is 25.9 Å². The van der Waals surface area contributed by atoms with Crippen LogP contribution in [0.4, 0.5) is 0 Å². The summed E-state index contributed by atoms with van der Waals surface area (Å²) in [5, 5.41) is 25.7. The van der Waals surface area contributed by atoms with Gasteiger partial charge in [0, 0.05) is 32.5 Å². The van der Waals surface area contributed by atoms with E-state index in [9.17, 15) is 19.8 Å². The van der Waals surface area contributed by atoms with Crippen molar-refractivity contribution in [3.63, 3.8) is 0 Å². The van der Waals surface area contributed by atoms with Gasteiger partial charge in [-0.2, -0.15) is 0 Å². The van der Waals surface area contributed by atoms with Crippen molar-refractivity contribution in [1.82, 2.24) is 15.1 Å². The van der Waals surface area contributed by atoms with Crippen LogP contribution in [-0.4, -0.2) is 110 Å². The highest BCUT2D eigenvalue weighted by molar-refractivity contribution is 5.69. The first-order chi connectivity index (χ1) is 35.4. The summed E-state index contributed by atoms with van der Waals surface area (Å²) in [6.07, 6.45) is 55.8. The first-order valence-corrected chi connectivity index (χ1v) is 32.1. The molecule has 72 heavy (non-hydrogen) atoms. The molecule has 0 fully saturated rings. The zero-order valence-corrected chi connectivity index (χ0v) is 49.0. The van der Waals surface area contributed by atoms with Gasteiger partial charge in [0.1, 0.15) is 0 Å². The van der Waals surface area contributed by atoms with Crippen molar-refractivity contribution in [1.29, 1.82) is 0 Å². The van der Waals surface area contributed by atoms with E-state index in [1.807, 2.05) is 0 Å². The Kier molecular flexibility index (Phi) is 58.0. The van der Waals surface area contributed by atoms with Gasteiger partial charge in [0.2, 0.25) is 0 Å². The molecule has 3 N–H and O–H groups in total. The number of unbranched alkanes of at least 4 members (excludes halogenated alkanes) is 37. The fraction of sp³-hybridized carbons (Fsp3) is 0.968. The van der Waals surface area contributed by atoms with Gasteiger partial charge >= 0.3 is 11.9 Å². The van der Waals surface area contributed by atoms with Gasteiger partial charge in [0.15, 0.2) is 0 Å². The third-order valence-electron chi connectivity index (χ3n) is 15.1. The Labute approximate surface area is 449 Å². The number of esters is 2. The molecule has 0 radical (unpaired) electrons. The van der Waals surface area contributed by atoms with E-state index >= 15 is 0 Å². The van der Waals surface area contributed by atoms with Gasteiger partial charge in [-0.25, -0.2) is 0 Å². The zero-order chi connectivity index (χ0) is 52.5. The second-order valence-electron chi connectivity index (χ2n) is 22.3. The lowest BCUT2D eigenvalue weighted by Gasteiger charge is -2.27. The number of methoxy groups -OCH3 is 1. The monoisotopic (exact) mass is 1020 g/mol. The minimum atomic E-state index is -0.449. The first-order valence-electron chi connectivity index (χ1n) is 32.1. The topological polar surface area (TPSA) is 112 Å². The number of hydrogen-bond donors (Lipinski definition) is 3. The lowest BCUT2D eigenvalue weighted by atomic mass is 10.0. The summed E-state index contributed by atoms with van der Waals surface area (Å²) in [4.78, 5) is 28.9. The van der Waals surface area contributed by atoms with E-state index in [4.69, 9.17) is 9.47 Å². The fourth-order valence-corrected chi connectivity index (χ4v) is 10.3. The second-order valence-corrected chi connectivity index (χ2v) is 22.3. The number of nitrogens with one attached hydrogen (secondary N) is 1. The number of carbonyl (C=O) groups excluding carboxylic acids is 2. The van der Waals surface area contributed by atoms with Crippen LogP contribution in [0.15, 0.2) is 0 Å². The molecule has 0 aliphatic carbocycles. The quantitative estimate of drug-likeness (QED) is 0.0405. The number of nitrogens with zero attached hydrogens (tertiary/aromatic N) is 2. The van der Waals surface area contributed by atoms with E-state index in [1.165, 1.54) is 232 Å². The highest BCUT2D eigenvalue weighted by Crippen LogP contribution is 2.17. The molecular formula is C63H127N3O6. The molecule has 0 rings (SSSR count). The maximum Gasteiger partial charge on any atom is 0.305 e. The molecule has 0 heterocycles. The van der Waals surface area contributed by atoms with Crippen LogP contribution in [0.5, 0.6) is 0 Å². The molecule has 0 aliphatic rings. The standard InChI is InChI=1S/C63H127N3O6/c1-5-8-11-14-17-20-23-26-29-32-35-38-46-56-72-63(70)50-47-51-64-57-61(68)59-66(53-43-37-34-31-28-25-22-19-16-13-10-7-3)55-45-44-54-65(58-60(67)48-40-39-41-49-62(69)71-4)52-42-36-33-30-27-24-21-18-15-12-9-6-2/h60-61,64,67-68H,5-59H2,1-4H3. The Morgan fingerprint density at radius 3 is 1.10 bits per heavy atom. The summed E-state index contributed by atoms with van der Waals surface area (Å²) >= 11 is 0. The van der Waals surface area contributed by atoms with Crippen molar-refractivity contribution in [3.05, 3.63) is 0 Å². The Morgan fingerprint density at radius 1 is 0.389 bits per heavy atom. The molecule has 9 nitrogen and oxygen atoms in total. The van der Waals surface area contributed by atoms with Gasteiger partial charge in [-0.05, 0) is 84.1 Å². The maximum absolute atomic E-state index is 12.4. The Balaban J connectivity index is 4.81. The largest absolute Gasteiger partial charge is 0.469 e. The van der Waals surface area contributed by atoms with Crippen LogP contribution in [0.3, 0.4) is 0 Å². The van der Waals surface area contributed by atoms with Gasteiger partial charge in [-0.1, -0.05) is 252 Å². The Hall–Kier alpha value is -1.26. The minimum Gasteiger partial charge on any atom is -0.469 e. The van der Waals surface area contributed by atoms with Gasteiger partial charge in [-0.15, -0.1) is 0 Å². The van der Waals surface area contributed by atoms with Crippen LogP contribution >= 0.6 is 0 Å². The summed E-state index contributed by atoms with van der Waals surface area (Å²) in [5.74, 6) is -0.247. The number of aliphatic hydroxyl groups excluding tert-OH is 2. The number of aliphatic hydroxyl groups is 2. The highest BCUT2D eigenvalue weighted by atomic mass is 16.5. The number of ether oxygens (including phenoxy) is 2. The molecule has 0 saturated heterocycles. The second kappa shape index (κ2) is 59.0. The van der Waals surface area contributed by atoms with E-state index in [2.05, 4.69) is 35.9 Å². The molecule has 0 aromatic carbocycles. The van der Waals surface area contributed by atoms with Crippen molar-refractivity contribution in [2.75, 3.05) is 66.1 Å². The van der Waals surface area contributed by atoms with E-state index in [0.29, 0.717) is 39.1 Å². The smallest absolute Gasteiger partial charge is 0.305 e. The Bertz CT molecular complexity index is 1080. The fourth-order valence-electron chi connectivity index (χ4n) is 10.3. The summed E-state index contributed by atoms with van der Waals surface area (Å²) in [6.45, 7) is 14.1. The van der Waals surface area contributed by atoms with Crippen molar-refractivity contribution < 1.29 is 29.3 Å². The molecule has 0 bridgehead atoms. The molecule has 0 aliphatic heterocycles. The predicted molar refractivity (Wildman–Crippen MR) is 310 cm³/mol. The van der Waals surface area contributed by atoms with Gasteiger partial charge < -0.3 is 34.8 Å². The first kappa shape index (κ1) is 70.7. The van der Waals surface area contributed by atoms with Crippen molar-refractivity contribution in [3.8, 4) is 0 Å². The maximum atomic E-state index is 12.4. The summed E-state index contributed by atoms with van der Waals surface area (Å²) < 4.78 is 10.3. The Morgan fingerprint density at radius 2 is 0.708 bits per heavy atom. The predicted octanol–water partition coefficient (Wildman–Crippen LogP) is 16.6. The molecule has 0 aromatic heterocycles. The van der Waals surface area contributed by atoms with Gasteiger partial charge in [0.25, 0.3) is 0 Å². The molecule has 0 amide bonds. The van der Waals surface area contributed by atoms with E-state index in [-0.39, 0.29) is 18.0 Å². The number of rotatable bonds is 61. The normalized spacial score (nSPS) is 12.6. The van der Waals surface area contributed by atoms with Crippen molar-refractivity contribution in [2.45, 2.75) is 328 Å². The van der Waals surface area contributed by atoms with Crippen LogP contribution in [0.25, 0.3) is 0 Å². The van der Waals surface area contributed by atoms with Crippen LogP contribution < -0.4 is 5.32 Å². The molecule has 9 heteroatoms. The van der Waals surface area contributed by atoms with E-state index < -0.39 is 6.10 Å². The zero-order valence-electron chi connectivity index (χ0n) is 49.0. The van der Waals surface area contributed by atoms with E-state index in [0.717, 1.165) is 90.5 Å². The van der Waals surface area contributed by atoms with Crippen LogP contribution in [0.1, 0.15) is 316 Å². The van der Waals surface area contributed by atoms with Crippen LogP contribution in [0, 0.1) is 0 Å². The summed E-state index contributed by atoms with van der Waals surface area (Å²) in [5.41, 5.74) is 0. The third kappa shape index (κ3) is 55.0. The number of hydrogen-bond acceptors (Lipinski definition) is 9. The lowest BCUT2D eigenvalue weighted by Crippen LogP contribution is -2.40. The average Bonchev–Trinajstić information content (AvgIpc) is 3.37. The lowest BCUT2D eigenvalue weighted by molar-refractivity contribution is -0.144. The SMILES string of the molecule is CCCCCCCCCCCCCCCOC(=O)CCCNCC(O)CN(CCCCCCCCCCCCCC)CCCCN(CCCCCCCCCCCCCC)CC(O)CCCCCC(=O)OC. The van der Waals surface area contributed by atoms with Crippen molar-refractivity contribution in [2.24, 2.45) is 0 Å².